The van der Waals surface area contributed by atoms with Gasteiger partial charge in [-0.3, -0.25) is 9.52 Å². The molecule has 3 rings (SSSR count). The van der Waals surface area contributed by atoms with Crippen LogP contribution >= 0.6 is 0 Å². The average Bonchev–Trinajstić information content (AvgIpc) is 2.75. The molecule has 0 aliphatic heterocycles. The van der Waals surface area contributed by atoms with Gasteiger partial charge in [-0.2, -0.15) is 0 Å². The van der Waals surface area contributed by atoms with Gasteiger partial charge < -0.3 is 9.64 Å². The molecular weight excluding hydrogens is 419 g/mol. The van der Waals surface area contributed by atoms with Crippen molar-refractivity contribution in [1.82, 2.24) is 4.90 Å². The number of carbonyl (C=O) groups is 1. The zero-order valence-electron chi connectivity index (χ0n) is 17.2. The molecule has 1 N–H and O–H groups in total. The summed E-state index contributed by atoms with van der Waals surface area (Å²) in [6.45, 7) is 2.76. The van der Waals surface area contributed by atoms with Crippen LogP contribution in [-0.2, 0) is 16.6 Å². The number of rotatable bonds is 8. The third kappa shape index (κ3) is 5.61. The number of ether oxygens (including phenoxy) is 1. The Labute approximate surface area is 181 Å². The van der Waals surface area contributed by atoms with Gasteiger partial charge in [-0.15, -0.1) is 0 Å². The van der Waals surface area contributed by atoms with Gasteiger partial charge >= 0.3 is 0 Å². The summed E-state index contributed by atoms with van der Waals surface area (Å²) in [6, 6.07) is 18.5. The molecule has 0 radical (unpaired) electrons. The maximum Gasteiger partial charge on any atom is 0.262 e. The fourth-order valence-corrected chi connectivity index (χ4v) is 4.12. The molecule has 6 nitrogen and oxygen atoms in total. The van der Waals surface area contributed by atoms with Crippen LogP contribution in [0.25, 0.3) is 0 Å². The van der Waals surface area contributed by atoms with E-state index in [1.807, 2.05) is 31.2 Å². The molecule has 3 aromatic rings. The predicted octanol–water partition coefficient (Wildman–Crippen LogP) is 4.30. The van der Waals surface area contributed by atoms with E-state index in [-0.39, 0.29) is 22.1 Å². The minimum absolute atomic E-state index is 0.131. The molecule has 1 amide bonds. The van der Waals surface area contributed by atoms with Crippen molar-refractivity contribution in [2.24, 2.45) is 0 Å². The smallest absolute Gasteiger partial charge is 0.262 e. The van der Waals surface area contributed by atoms with Gasteiger partial charge in [-0.1, -0.05) is 30.3 Å². The highest BCUT2D eigenvalue weighted by Crippen LogP contribution is 2.21. The Kier molecular flexibility index (Phi) is 6.91. The predicted molar refractivity (Wildman–Crippen MR) is 117 cm³/mol. The Morgan fingerprint density at radius 2 is 1.77 bits per heavy atom. The number of anilines is 1. The number of sulfonamides is 1. The van der Waals surface area contributed by atoms with E-state index >= 15 is 0 Å². The number of halogens is 1. The summed E-state index contributed by atoms with van der Waals surface area (Å²) in [5.74, 6) is -0.315. The first-order valence-corrected chi connectivity index (χ1v) is 11.1. The summed E-state index contributed by atoms with van der Waals surface area (Å²) in [5, 5.41) is 0. The molecule has 0 atom stereocenters. The van der Waals surface area contributed by atoms with Crippen LogP contribution in [0, 0.1) is 5.82 Å². The van der Waals surface area contributed by atoms with E-state index in [4.69, 9.17) is 4.74 Å². The highest BCUT2D eigenvalue weighted by Gasteiger charge is 2.19. The molecule has 0 unspecified atom stereocenters. The van der Waals surface area contributed by atoms with E-state index in [1.165, 1.54) is 47.4 Å². The van der Waals surface area contributed by atoms with E-state index in [2.05, 4.69) is 4.72 Å². The number of hydrogen-bond donors (Lipinski definition) is 1. The quantitative estimate of drug-likeness (QED) is 0.565. The van der Waals surface area contributed by atoms with Gasteiger partial charge in [-0.05, 0) is 55.0 Å². The Hall–Kier alpha value is -3.39. The van der Waals surface area contributed by atoms with Crippen molar-refractivity contribution in [2.75, 3.05) is 18.4 Å². The molecule has 3 aromatic carbocycles. The third-order valence-corrected chi connectivity index (χ3v) is 5.85. The van der Waals surface area contributed by atoms with Gasteiger partial charge in [0.05, 0.1) is 17.2 Å². The zero-order chi connectivity index (χ0) is 22.4. The molecular formula is C23H23FN2O4S. The van der Waals surface area contributed by atoms with Crippen LogP contribution < -0.4 is 9.46 Å². The van der Waals surface area contributed by atoms with Gasteiger partial charge in [0.25, 0.3) is 15.9 Å². The van der Waals surface area contributed by atoms with Gasteiger partial charge in [-0.25, -0.2) is 12.8 Å². The number of amides is 1. The molecule has 0 aromatic heterocycles. The lowest BCUT2D eigenvalue weighted by atomic mass is 10.1. The number of nitrogens with zero attached hydrogens (tertiary/aromatic N) is 1. The molecule has 0 aliphatic rings. The van der Waals surface area contributed by atoms with Gasteiger partial charge in [0.2, 0.25) is 0 Å². The first-order chi connectivity index (χ1) is 14.8. The van der Waals surface area contributed by atoms with Crippen LogP contribution in [0.4, 0.5) is 10.1 Å². The van der Waals surface area contributed by atoms with Crippen molar-refractivity contribution in [3.8, 4) is 5.75 Å². The molecule has 0 heterocycles. The van der Waals surface area contributed by atoms with E-state index in [0.29, 0.717) is 18.9 Å². The molecule has 0 spiro atoms. The number of carbonyl (C=O) groups excluding carboxylic acids is 1. The standard InChI is InChI=1S/C23H23FN2O4S/c1-3-30-19-10-6-8-17(14-19)16-26(2)23(27)18-9-7-11-20(15-18)31(28,29)25-22-13-5-4-12-21(22)24/h4-15,25H,3,16H2,1-2H3. The highest BCUT2D eigenvalue weighted by atomic mass is 32.2. The second kappa shape index (κ2) is 9.61. The van der Waals surface area contributed by atoms with Crippen LogP contribution in [0.15, 0.2) is 77.7 Å². The topological polar surface area (TPSA) is 75.7 Å². The first-order valence-electron chi connectivity index (χ1n) is 9.65. The monoisotopic (exact) mass is 442 g/mol. The van der Waals surface area contributed by atoms with Crippen molar-refractivity contribution >= 4 is 21.6 Å². The molecule has 8 heteroatoms. The first kappa shape index (κ1) is 22.3. The van der Waals surface area contributed by atoms with Crippen LogP contribution in [-0.4, -0.2) is 32.9 Å². The summed E-state index contributed by atoms with van der Waals surface area (Å²) in [7, 11) is -2.43. The molecule has 0 saturated heterocycles. The molecule has 0 aliphatic carbocycles. The second-order valence-electron chi connectivity index (χ2n) is 6.85. The maximum absolute atomic E-state index is 13.8. The number of hydrogen-bond acceptors (Lipinski definition) is 4. The van der Waals surface area contributed by atoms with Crippen molar-refractivity contribution < 1.29 is 22.3 Å². The Balaban J connectivity index is 1.78. The third-order valence-electron chi connectivity index (χ3n) is 4.49. The number of para-hydroxylation sites is 1. The molecule has 162 valence electrons. The average molecular weight is 443 g/mol. The second-order valence-corrected chi connectivity index (χ2v) is 8.54. The fraction of sp³-hybridized carbons (Fsp3) is 0.174. The molecule has 0 fully saturated rings. The minimum Gasteiger partial charge on any atom is -0.494 e. The summed E-state index contributed by atoms with van der Waals surface area (Å²) in [5.41, 5.74) is 0.928. The van der Waals surface area contributed by atoms with Crippen LogP contribution in [0.3, 0.4) is 0 Å². The summed E-state index contributed by atoms with van der Waals surface area (Å²) < 4.78 is 46.9. The summed E-state index contributed by atoms with van der Waals surface area (Å²) >= 11 is 0. The minimum atomic E-state index is -4.07. The molecule has 0 bridgehead atoms. The van der Waals surface area contributed by atoms with Crippen molar-refractivity contribution in [3.63, 3.8) is 0 Å². The van der Waals surface area contributed by atoms with Crippen molar-refractivity contribution in [3.05, 3.63) is 89.7 Å². The maximum atomic E-state index is 13.8. The van der Waals surface area contributed by atoms with Gasteiger partial charge in [0.1, 0.15) is 11.6 Å². The largest absolute Gasteiger partial charge is 0.494 e. The number of benzene rings is 3. The van der Waals surface area contributed by atoms with E-state index in [0.717, 1.165) is 11.6 Å². The Bertz CT molecular complexity index is 1180. The summed E-state index contributed by atoms with van der Waals surface area (Å²) in [4.78, 5) is 14.2. The van der Waals surface area contributed by atoms with Crippen molar-refractivity contribution in [2.45, 2.75) is 18.4 Å². The van der Waals surface area contributed by atoms with E-state index < -0.39 is 15.8 Å². The van der Waals surface area contributed by atoms with Gasteiger partial charge in [0, 0.05) is 19.2 Å². The lowest BCUT2D eigenvalue weighted by molar-refractivity contribution is 0.0784. The Morgan fingerprint density at radius 3 is 2.52 bits per heavy atom. The van der Waals surface area contributed by atoms with E-state index in [9.17, 15) is 17.6 Å². The summed E-state index contributed by atoms with van der Waals surface area (Å²) in [6.07, 6.45) is 0. The van der Waals surface area contributed by atoms with E-state index in [1.54, 1.807) is 7.05 Å². The molecule has 31 heavy (non-hydrogen) atoms. The fourth-order valence-electron chi connectivity index (χ4n) is 3.01. The lowest BCUT2D eigenvalue weighted by Gasteiger charge is -2.18. The molecule has 0 saturated carbocycles. The number of nitrogens with one attached hydrogen (secondary N) is 1. The van der Waals surface area contributed by atoms with Crippen LogP contribution in [0.5, 0.6) is 5.75 Å². The highest BCUT2D eigenvalue weighted by molar-refractivity contribution is 7.92. The lowest BCUT2D eigenvalue weighted by Crippen LogP contribution is -2.26. The SMILES string of the molecule is CCOc1cccc(CN(C)C(=O)c2cccc(S(=O)(=O)Nc3ccccc3F)c2)c1. The zero-order valence-corrected chi connectivity index (χ0v) is 18.0. The van der Waals surface area contributed by atoms with Crippen LogP contribution in [0.2, 0.25) is 0 Å². The normalized spacial score (nSPS) is 11.1. The van der Waals surface area contributed by atoms with Gasteiger partial charge in [0.15, 0.2) is 0 Å². The Morgan fingerprint density at radius 1 is 1.03 bits per heavy atom. The van der Waals surface area contributed by atoms with Crippen molar-refractivity contribution in [1.29, 1.82) is 0 Å². The van der Waals surface area contributed by atoms with Crippen LogP contribution in [0.1, 0.15) is 22.8 Å².